The Balaban J connectivity index is 0.000000224. The number of piperazine rings is 2. The summed E-state index contributed by atoms with van der Waals surface area (Å²) in [5, 5.41) is 0. The summed E-state index contributed by atoms with van der Waals surface area (Å²) in [4.78, 5) is 9.86. The van der Waals surface area contributed by atoms with Crippen LogP contribution in [-0.2, 0) is 0 Å². The molecule has 34 heavy (non-hydrogen) atoms. The van der Waals surface area contributed by atoms with E-state index in [0.29, 0.717) is 18.1 Å². The van der Waals surface area contributed by atoms with Crippen LogP contribution in [0.5, 0.6) is 0 Å². The number of hydrogen-bond donors (Lipinski definition) is 0. The van der Waals surface area contributed by atoms with Crippen molar-refractivity contribution >= 4 is 11.4 Å². The summed E-state index contributed by atoms with van der Waals surface area (Å²) < 4.78 is 12.8. The third-order valence-corrected chi connectivity index (χ3v) is 6.70. The molecule has 0 aliphatic carbocycles. The highest BCUT2D eigenvalue weighted by atomic mass is 19.1. The molecule has 2 aromatic rings. The van der Waals surface area contributed by atoms with Crippen molar-refractivity contribution in [2.24, 2.45) is 0 Å². The Morgan fingerprint density at radius 2 is 1.21 bits per heavy atom. The van der Waals surface area contributed by atoms with Crippen molar-refractivity contribution in [3.05, 3.63) is 60.4 Å². The molecule has 2 heterocycles. The van der Waals surface area contributed by atoms with E-state index in [1.807, 2.05) is 26.0 Å². The van der Waals surface area contributed by atoms with Crippen molar-refractivity contribution in [2.45, 2.75) is 66.6 Å². The van der Waals surface area contributed by atoms with Gasteiger partial charge < -0.3 is 9.80 Å². The third kappa shape index (κ3) is 8.28. The minimum atomic E-state index is -0.162. The lowest BCUT2D eigenvalue weighted by atomic mass is 10.1. The predicted molar refractivity (Wildman–Crippen MR) is 147 cm³/mol. The Hall–Kier alpha value is -2.11. The molecule has 2 aromatic carbocycles. The summed E-state index contributed by atoms with van der Waals surface area (Å²) in [6, 6.07) is 19.4. The largest absolute Gasteiger partial charge is 0.369 e. The highest BCUT2D eigenvalue weighted by molar-refractivity contribution is 5.47. The molecule has 1 atom stereocenters. The average molecular weight is 471 g/mol. The topological polar surface area (TPSA) is 13.0 Å². The molecule has 0 bridgehead atoms. The zero-order valence-corrected chi connectivity index (χ0v) is 22.5. The number of anilines is 2. The summed E-state index contributed by atoms with van der Waals surface area (Å²) in [7, 11) is 0. The van der Waals surface area contributed by atoms with Gasteiger partial charge in [-0.15, -0.1) is 0 Å². The van der Waals surface area contributed by atoms with E-state index in [2.05, 4.69) is 84.6 Å². The number of halogens is 1. The summed E-state index contributed by atoms with van der Waals surface area (Å²) in [6.07, 6.45) is 0. The maximum Gasteiger partial charge on any atom is 0.123 e. The van der Waals surface area contributed by atoms with Gasteiger partial charge >= 0.3 is 0 Å². The SMILES string of the molecule is CC.CC(C)N1CCN(c2ccc(F)cc2)CC1.CC(C)N1CCN(c2ccccc2)CC1C. The number of rotatable bonds is 4. The highest BCUT2D eigenvalue weighted by Crippen LogP contribution is 2.20. The van der Waals surface area contributed by atoms with Gasteiger partial charge in [-0.05, 0) is 71.0 Å². The highest BCUT2D eigenvalue weighted by Gasteiger charge is 2.25. The van der Waals surface area contributed by atoms with Gasteiger partial charge in [-0.1, -0.05) is 32.0 Å². The fraction of sp³-hybridized carbons (Fsp3) is 0.586. The summed E-state index contributed by atoms with van der Waals surface area (Å²) in [5.41, 5.74) is 2.49. The summed E-state index contributed by atoms with van der Waals surface area (Å²) in [6.45, 7) is 23.1. The minimum Gasteiger partial charge on any atom is -0.369 e. The van der Waals surface area contributed by atoms with Crippen molar-refractivity contribution in [3.8, 4) is 0 Å². The molecule has 4 rings (SSSR count). The molecular weight excluding hydrogens is 423 g/mol. The van der Waals surface area contributed by atoms with E-state index in [4.69, 9.17) is 0 Å². The van der Waals surface area contributed by atoms with Gasteiger partial charge in [0.05, 0.1) is 0 Å². The Bertz CT molecular complexity index is 786. The Morgan fingerprint density at radius 1 is 0.676 bits per heavy atom. The molecule has 0 aromatic heterocycles. The zero-order valence-electron chi connectivity index (χ0n) is 22.5. The standard InChI is InChI=1S/C14H22N2.C13H19FN2.C2H6/c1-12(2)16-10-9-15(11-13(16)3)14-7-5-4-6-8-14;1-11(2)15-7-9-16(10-8-15)13-5-3-12(14)4-6-13;1-2/h4-8,12-13H,9-11H2,1-3H3;3-6,11H,7-10H2,1-2H3;1-2H3. The van der Waals surface area contributed by atoms with E-state index in [0.717, 1.165) is 45.0 Å². The monoisotopic (exact) mass is 470 g/mol. The second kappa shape index (κ2) is 14.3. The third-order valence-electron chi connectivity index (χ3n) is 6.70. The maximum absolute atomic E-state index is 12.8. The van der Waals surface area contributed by atoms with Crippen LogP contribution in [0.3, 0.4) is 0 Å². The normalized spacial score (nSPS) is 19.4. The van der Waals surface area contributed by atoms with Gasteiger partial charge in [-0.2, -0.15) is 0 Å². The van der Waals surface area contributed by atoms with Crippen LogP contribution in [0.1, 0.15) is 48.5 Å². The first-order valence-electron chi connectivity index (χ1n) is 13.2. The summed E-state index contributed by atoms with van der Waals surface area (Å²) in [5.74, 6) is -0.162. The second-order valence-electron chi connectivity index (χ2n) is 9.56. The van der Waals surface area contributed by atoms with E-state index in [1.165, 1.54) is 24.4 Å². The molecule has 0 saturated carbocycles. The van der Waals surface area contributed by atoms with Gasteiger partial charge in [0.15, 0.2) is 0 Å². The Morgan fingerprint density at radius 3 is 1.71 bits per heavy atom. The summed E-state index contributed by atoms with van der Waals surface area (Å²) >= 11 is 0. The van der Waals surface area contributed by atoms with Crippen molar-refractivity contribution in [3.63, 3.8) is 0 Å². The van der Waals surface area contributed by atoms with Crippen LogP contribution in [-0.4, -0.2) is 73.7 Å². The molecular formula is C29H47FN4. The molecule has 1 unspecified atom stereocenters. The molecule has 2 aliphatic heterocycles. The van der Waals surface area contributed by atoms with Crippen molar-refractivity contribution in [1.29, 1.82) is 0 Å². The van der Waals surface area contributed by atoms with Gasteiger partial charge in [0.25, 0.3) is 0 Å². The van der Waals surface area contributed by atoms with E-state index < -0.39 is 0 Å². The van der Waals surface area contributed by atoms with Gasteiger partial charge in [-0.3, -0.25) is 9.80 Å². The lowest BCUT2D eigenvalue weighted by molar-refractivity contribution is 0.148. The first kappa shape index (κ1) is 28.1. The van der Waals surface area contributed by atoms with Gasteiger partial charge in [0.1, 0.15) is 5.82 Å². The Labute approximate surface area is 208 Å². The van der Waals surface area contributed by atoms with E-state index in [-0.39, 0.29) is 5.82 Å². The van der Waals surface area contributed by atoms with Crippen molar-refractivity contribution < 1.29 is 4.39 Å². The van der Waals surface area contributed by atoms with E-state index in [9.17, 15) is 4.39 Å². The van der Waals surface area contributed by atoms with Crippen molar-refractivity contribution in [1.82, 2.24) is 9.80 Å². The molecule has 0 spiro atoms. The van der Waals surface area contributed by atoms with Crippen LogP contribution in [0.4, 0.5) is 15.8 Å². The number of para-hydroxylation sites is 1. The molecule has 0 N–H and O–H groups in total. The molecule has 5 heteroatoms. The quantitative estimate of drug-likeness (QED) is 0.544. The fourth-order valence-corrected chi connectivity index (χ4v) is 4.76. The average Bonchev–Trinajstić information content (AvgIpc) is 2.86. The van der Waals surface area contributed by atoms with Crippen molar-refractivity contribution in [2.75, 3.05) is 55.6 Å². The molecule has 4 nitrogen and oxygen atoms in total. The van der Waals surface area contributed by atoms with E-state index in [1.54, 1.807) is 0 Å². The molecule has 190 valence electrons. The second-order valence-corrected chi connectivity index (χ2v) is 9.56. The van der Waals surface area contributed by atoms with Crippen LogP contribution in [0.15, 0.2) is 54.6 Å². The van der Waals surface area contributed by atoms with Gasteiger partial charge in [-0.25, -0.2) is 4.39 Å². The predicted octanol–water partition coefficient (Wildman–Crippen LogP) is 5.99. The van der Waals surface area contributed by atoms with Crippen LogP contribution in [0, 0.1) is 5.82 Å². The molecule has 2 saturated heterocycles. The van der Waals surface area contributed by atoms with Crippen LogP contribution in [0.2, 0.25) is 0 Å². The van der Waals surface area contributed by atoms with Crippen LogP contribution < -0.4 is 9.80 Å². The van der Waals surface area contributed by atoms with Crippen LogP contribution >= 0.6 is 0 Å². The number of hydrogen-bond acceptors (Lipinski definition) is 4. The van der Waals surface area contributed by atoms with Crippen LogP contribution in [0.25, 0.3) is 0 Å². The minimum absolute atomic E-state index is 0.162. The van der Waals surface area contributed by atoms with Gasteiger partial charge in [0.2, 0.25) is 0 Å². The zero-order chi connectivity index (χ0) is 25.1. The van der Waals surface area contributed by atoms with E-state index >= 15 is 0 Å². The molecule has 2 fully saturated rings. The maximum atomic E-state index is 12.8. The Kier molecular flexibility index (Phi) is 11.9. The molecule has 0 amide bonds. The lowest BCUT2D eigenvalue weighted by Crippen LogP contribution is -2.54. The van der Waals surface area contributed by atoms with Gasteiger partial charge in [0, 0.05) is 75.3 Å². The fourth-order valence-electron chi connectivity index (χ4n) is 4.76. The molecule has 0 radical (unpaired) electrons. The smallest absolute Gasteiger partial charge is 0.123 e. The molecule has 2 aliphatic rings. The lowest BCUT2D eigenvalue weighted by Gasteiger charge is -2.43. The first-order chi connectivity index (χ1) is 16.3. The number of benzene rings is 2. The number of nitrogens with zero attached hydrogens (tertiary/aromatic N) is 4. The first-order valence-corrected chi connectivity index (χ1v) is 13.2.